The Morgan fingerprint density at radius 2 is 1.79 bits per heavy atom. The molecule has 29 heavy (non-hydrogen) atoms. The van der Waals surface area contributed by atoms with Crippen molar-refractivity contribution in [3.63, 3.8) is 0 Å². The number of benzene rings is 2. The fourth-order valence-electron chi connectivity index (χ4n) is 2.71. The number of nitro groups is 1. The van der Waals surface area contributed by atoms with Crippen LogP contribution >= 0.6 is 0 Å². The van der Waals surface area contributed by atoms with E-state index in [1.54, 1.807) is 0 Å². The van der Waals surface area contributed by atoms with E-state index in [1.807, 2.05) is 30.3 Å². The first-order valence-corrected chi connectivity index (χ1v) is 8.84. The van der Waals surface area contributed by atoms with E-state index < -0.39 is 28.6 Å². The van der Waals surface area contributed by atoms with Crippen LogP contribution in [0.5, 0.6) is 0 Å². The van der Waals surface area contributed by atoms with Crippen LogP contribution in [-0.2, 0) is 16.0 Å². The summed E-state index contributed by atoms with van der Waals surface area (Å²) in [4.78, 5) is 45.8. The first-order valence-electron chi connectivity index (χ1n) is 8.84. The van der Waals surface area contributed by atoms with Crippen molar-refractivity contribution in [1.82, 2.24) is 10.6 Å². The van der Waals surface area contributed by atoms with Gasteiger partial charge in [-0.1, -0.05) is 30.3 Å². The summed E-state index contributed by atoms with van der Waals surface area (Å²) in [5.74, 6) is -2.91. The normalized spacial score (nSPS) is 11.3. The van der Waals surface area contributed by atoms with Crippen LogP contribution in [0.1, 0.15) is 21.5 Å². The molecule has 0 spiro atoms. The summed E-state index contributed by atoms with van der Waals surface area (Å²) < 4.78 is 0. The third-order valence-corrected chi connectivity index (χ3v) is 4.28. The van der Waals surface area contributed by atoms with Crippen molar-refractivity contribution in [2.24, 2.45) is 5.92 Å². The van der Waals surface area contributed by atoms with Gasteiger partial charge in [-0.05, 0) is 31.0 Å². The first-order chi connectivity index (χ1) is 13.8. The molecule has 0 aromatic heterocycles. The molecule has 152 valence electrons. The molecule has 0 aliphatic carbocycles. The standard InChI is InChI=1S/C20H21N3O6/c1-13-9-15(7-8-17(13)23(28)29)19(25)22-12-18(24)21-11-16(20(26)27)10-14-5-3-2-4-6-14/h2-9,16H,10-12H2,1H3,(H,21,24)(H,22,25)(H,26,27). The Bertz CT molecular complexity index is 914. The van der Waals surface area contributed by atoms with Gasteiger partial charge in [0.1, 0.15) is 0 Å². The van der Waals surface area contributed by atoms with Crippen LogP contribution in [0.3, 0.4) is 0 Å². The molecule has 2 aromatic rings. The minimum atomic E-state index is -1.03. The molecular weight excluding hydrogens is 378 g/mol. The van der Waals surface area contributed by atoms with Crippen LogP contribution < -0.4 is 10.6 Å². The number of amides is 2. The number of nitrogens with zero attached hydrogens (tertiary/aromatic N) is 1. The van der Waals surface area contributed by atoms with E-state index in [0.29, 0.717) is 5.56 Å². The van der Waals surface area contributed by atoms with Crippen LogP contribution in [0.4, 0.5) is 5.69 Å². The average Bonchev–Trinajstić information content (AvgIpc) is 2.69. The Hall–Kier alpha value is -3.75. The van der Waals surface area contributed by atoms with Crippen molar-refractivity contribution >= 4 is 23.5 Å². The van der Waals surface area contributed by atoms with Gasteiger partial charge in [-0.25, -0.2) is 0 Å². The summed E-state index contributed by atoms with van der Waals surface area (Å²) in [7, 11) is 0. The number of nitro benzene ring substituents is 1. The molecule has 0 bridgehead atoms. The summed E-state index contributed by atoms with van der Waals surface area (Å²) in [5, 5.41) is 25.1. The lowest BCUT2D eigenvalue weighted by molar-refractivity contribution is -0.385. The zero-order valence-corrected chi connectivity index (χ0v) is 15.8. The highest BCUT2D eigenvalue weighted by Crippen LogP contribution is 2.18. The number of carbonyl (C=O) groups is 3. The van der Waals surface area contributed by atoms with Crippen LogP contribution in [0.25, 0.3) is 0 Å². The van der Waals surface area contributed by atoms with Crippen molar-refractivity contribution in [2.45, 2.75) is 13.3 Å². The van der Waals surface area contributed by atoms with Gasteiger partial charge in [0.05, 0.1) is 17.4 Å². The minimum Gasteiger partial charge on any atom is -0.481 e. The Labute approximate surface area is 166 Å². The number of aliphatic carboxylic acids is 1. The molecule has 2 aromatic carbocycles. The lowest BCUT2D eigenvalue weighted by Gasteiger charge is -2.14. The number of hydrogen-bond acceptors (Lipinski definition) is 5. The van der Waals surface area contributed by atoms with Crippen molar-refractivity contribution in [3.8, 4) is 0 Å². The van der Waals surface area contributed by atoms with Gasteiger partial charge in [-0.2, -0.15) is 0 Å². The second-order valence-electron chi connectivity index (χ2n) is 6.47. The molecule has 2 rings (SSSR count). The summed E-state index contributed by atoms with van der Waals surface area (Å²) in [6.45, 7) is 1.10. The van der Waals surface area contributed by atoms with Crippen LogP contribution in [-0.4, -0.2) is 40.9 Å². The molecule has 9 heteroatoms. The minimum absolute atomic E-state index is 0.0738. The highest BCUT2D eigenvalue weighted by atomic mass is 16.6. The number of nitrogens with one attached hydrogen (secondary N) is 2. The highest BCUT2D eigenvalue weighted by Gasteiger charge is 2.19. The quantitative estimate of drug-likeness (QED) is 0.433. The van der Waals surface area contributed by atoms with E-state index >= 15 is 0 Å². The van der Waals surface area contributed by atoms with Gasteiger partial charge in [0, 0.05) is 23.7 Å². The second kappa shape index (κ2) is 9.98. The SMILES string of the molecule is Cc1cc(C(=O)NCC(=O)NCC(Cc2ccccc2)C(=O)O)ccc1[N+](=O)[O-]. The maximum absolute atomic E-state index is 12.1. The lowest BCUT2D eigenvalue weighted by atomic mass is 9.99. The largest absolute Gasteiger partial charge is 0.481 e. The predicted molar refractivity (Wildman–Crippen MR) is 104 cm³/mol. The average molecular weight is 399 g/mol. The van der Waals surface area contributed by atoms with Crippen molar-refractivity contribution in [2.75, 3.05) is 13.1 Å². The number of carbonyl (C=O) groups excluding carboxylic acids is 2. The highest BCUT2D eigenvalue weighted by molar-refractivity contribution is 5.96. The number of hydrogen-bond donors (Lipinski definition) is 3. The van der Waals surface area contributed by atoms with Crippen LogP contribution in [0.15, 0.2) is 48.5 Å². The molecule has 0 saturated heterocycles. The number of carboxylic acids is 1. The third kappa shape index (κ3) is 6.42. The molecule has 0 saturated carbocycles. The number of carboxylic acid groups (broad SMARTS) is 1. The lowest BCUT2D eigenvalue weighted by Crippen LogP contribution is -2.40. The zero-order valence-electron chi connectivity index (χ0n) is 15.8. The molecule has 0 radical (unpaired) electrons. The molecule has 0 fully saturated rings. The summed E-state index contributed by atoms with van der Waals surface area (Å²) in [5.41, 5.74) is 1.26. The van der Waals surface area contributed by atoms with E-state index in [9.17, 15) is 29.6 Å². The number of rotatable bonds is 9. The Morgan fingerprint density at radius 3 is 2.38 bits per heavy atom. The topological polar surface area (TPSA) is 139 Å². The third-order valence-electron chi connectivity index (χ3n) is 4.28. The molecule has 3 N–H and O–H groups in total. The van der Waals surface area contributed by atoms with Gasteiger partial charge < -0.3 is 15.7 Å². The van der Waals surface area contributed by atoms with Crippen molar-refractivity contribution in [1.29, 1.82) is 0 Å². The molecule has 1 atom stereocenters. The Balaban J connectivity index is 1.85. The fraction of sp³-hybridized carbons (Fsp3) is 0.250. The van der Waals surface area contributed by atoms with Crippen LogP contribution in [0.2, 0.25) is 0 Å². The van der Waals surface area contributed by atoms with Crippen molar-refractivity contribution in [3.05, 3.63) is 75.3 Å². The number of aryl methyl sites for hydroxylation is 1. The fourth-order valence-corrected chi connectivity index (χ4v) is 2.71. The van der Waals surface area contributed by atoms with E-state index in [-0.39, 0.29) is 30.8 Å². The smallest absolute Gasteiger partial charge is 0.308 e. The monoisotopic (exact) mass is 399 g/mol. The Kier molecular flexibility index (Phi) is 7.41. The van der Waals surface area contributed by atoms with E-state index in [2.05, 4.69) is 10.6 Å². The maximum Gasteiger partial charge on any atom is 0.308 e. The molecule has 2 amide bonds. The van der Waals surface area contributed by atoms with Gasteiger partial charge >= 0.3 is 5.97 Å². The van der Waals surface area contributed by atoms with Gasteiger partial charge in [0.15, 0.2) is 0 Å². The van der Waals surface area contributed by atoms with Gasteiger partial charge in [0.25, 0.3) is 11.6 Å². The summed E-state index contributed by atoms with van der Waals surface area (Å²) in [6.07, 6.45) is 0.269. The molecule has 0 heterocycles. The van der Waals surface area contributed by atoms with Gasteiger partial charge in [-0.15, -0.1) is 0 Å². The predicted octanol–water partition coefficient (Wildman–Crippen LogP) is 1.69. The first kappa shape index (κ1) is 21.5. The summed E-state index contributed by atoms with van der Waals surface area (Å²) in [6, 6.07) is 13.0. The van der Waals surface area contributed by atoms with Gasteiger partial charge in [-0.3, -0.25) is 24.5 Å². The Morgan fingerprint density at radius 1 is 1.10 bits per heavy atom. The van der Waals surface area contributed by atoms with E-state index in [0.717, 1.165) is 5.56 Å². The molecule has 0 aliphatic rings. The van der Waals surface area contributed by atoms with E-state index in [4.69, 9.17) is 0 Å². The van der Waals surface area contributed by atoms with E-state index in [1.165, 1.54) is 25.1 Å². The zero-order chi connectivity index (χ0) is 21.4. The van der Waals surface area contributed by atoms with Crippen molar-refractivity contribution < 1.29 is 24.4 Å². The molecular formula is C20H21N3O6. The van der Waals surface area contributed by atoms with Gasteiger partial charge in [0.2, 0.25) is 5.91 Å². The molecule has 9 nitrogen and oxygen atoms in total. The maximum atomic E-state index is 12.1. The molecule has 0 aliphatic heterocycles. The molecule has 1 unspecified atom stereocenters. The second-order valence-corrected chi connectivity index (χ2v) is 6.47. The van der Waals surface area contributed by atoms with Crippen LogP contribution in [0, 0.1) is 23.0 Å². The summed E-state index contributed by atoms with van der Waals surface area (Å²) >= 11 is 0.